The second-order valence-electron chi connectivity index (χ2n) is 6.13. The van der Waals surface area contributed by atoms with Crippen molar-refractivity contribution in [3.63, 3.8) is 0 Å². The lowest BCUT2D eigenvalue weighted by atomic mass is 10.2. The van der Waals surface area contributed by atoms with Gasteiger partial charge in [0.05, 0.1) is 17.9 Å². The van der Waals surface area contributed by atoms with Crippen LogP contribution >= 0.6 is 0 Å². The molecule has 2 aromatic carbocycles. The maximum Gasteiger partial charge on any atom is 0.257 e. The van der Waals surface area contributed by atoms with Crippen molar-refractivity contribution in [3.8, 4) is 5.75 Å². The Morgan fingerprint density at radius 2 is 1.78 bits per heavy atom. The first-order chi connectivity index (χ1) is 13.2. The van der Waals surface area contributed by atoms with Crippen molar-refractivity contribution in [3.05, 3.63) is 84.1 Å². The molecule has 5 nitrogen and oxygen atoms in total. The average molecular weight is 361 g/mol. The fourth-order valence-corrected chi connectivity index (χ4v) is 2.73. The van der Waals surface area contributed by atoms with Crippen LogP contribution in [0.15, 0.2) is 72.9 Å². The van der Waals surface area contributed by atoms with Crippen molar-refractivity contribution in [2.45, 2.75) is 13.5 Å². The van der Waals surface area contributed by atoms with Crippen molar-refractivity contribution in [2.75, 3.05) is 23.9 Å². The molecular weight excluding hydrogens is 338 g/mol. The van der Waals surface area contributed by atoms with E-state index in [1.54, 1.807) is 12.3 Å². The Morgan fingerprint density at radius 3 is 2.48 bits per heavy atom. The second kappa shape index (κ2) is 8.85. The number of aromatic nitrogens is 1. The number of hydrogen-bond acceptors (Lipinski definition) is 4. The number of nitrogens with one attached hydrogen (secondary N) is 1. The number of para-hydroxylation sites is 2. The van der Waals surface area contributed by atoms with Crippen LogP contribution in [-0.4, -0.2) is 24.5 Å². The van der Waals surface area contributed by atoms with Crippen molar-refractivity contribution in [2.24, 2.45) is 0 Å². The smallest absolute Gasteiger partial charge is 0.257 e. The molecule has 0 bridgehead atoms. The fraction of sp³-hybridized carbons (Fsp3) is 0.182. The summed E-state index contributed by atoms with van der Waals surface area (Å²) in [5, 5.41) is 2.88. The van der Waals surface area contributed by atoms with E-state index in [1.807, 2.05) is 67.4 Å². The summed E-state index contributed by atoms with van der Waals surface area (Å²) < 4.78 is 5.54. The maximum atomic E-state index is 12.5. The molecule has 0 saturated carbocycles. The zero-order chi connectivity index (χ0) is 19.1. The predicted octanol–water partition coefficient (Wildman–Crippen LogP) is 4.37. The number of rotatable bonds is 7. The largest absolute Gasteiger partial charge is 0.492 e. The molecule has 0 spiro atoms. The minimum absolute atomic E-state index is 0.216. The van der Waals surface area contributed by atoms with E-state index in [2.05, 4.69) is 22.4 Å². The number of carbonyl (C=O) groups excluding carboxylic acids is 1. The van der Waals surface area contributed by atoms with Crippen LogP contribution in [-0.2, 0) is 6.54 Å². The van der Waals surface area contributed by atoms with Crippen LogP contribution in [0.1, 0.15) is 22.8 Å². The SMILES string of the molecule is CCOc1ccccc1NC(=O)c1ccc(N(C)Cc2ccccc2)nc1. The van der Waals surface area contributed by atoms with Crippen LogP contribution < -0.4 is 15.0 Å². The lowest BCUT2D eigenvalue weighted by Gasteiger charge is -2.18. The number of benzene rings is 2. The molecule has 0 unspecified atom stereocenters. The zero-order valence-corrected chi connectivity index (χ0v) is 15.6. The highest BCUT2D eigenvalue weighted by atomic mass is 16.5. The average Bonchev–Trinajstić information content (AvgIpc) is 2.70. The van der Waals surface area contributed by atoms with Gasteiger partial charge < -0.3 is 15.0 Å². The molecule has 3 rings (SSSR count). The minimum Gasteiger partial charge on any atom is -0.492 e. The van der Waals surface area contributed by atoms with E-state index in [0.717, 1.165) is 12.4 Å². The van der Waals surface area contributed by atoms with Gasteiger partial charge in [-0.15, -0.1) is 0 Å². The van der Waals surface area contributed by atoms with Crippen LogP contribution in [0.3, 0.4) is 0 Å². The first-order valence-corrected chi connectivity index (χ1v) is 8.91. The monoisotopic (exact) mass is 361 g/mol. The third-order valence-electron chi connectivity index (χ3n) is 4.10. The third-order valence-corrected chi connectivity index (χ3v) is 4.10. The van der Waals surface area contributed by atoms with Crippen LogP contribution in [0.2, 0.25) is 0 Å². The molecule has 138 valence electrons. The fourth-order valence-electron chi connectivity index (χ4n) is 2.73. The number of hydrogen-bond donors (Lipinski definition) is 1. The molecule has 1 N–H and O–H groups in total. The summed E-state index contributed by atoms with van der Waals surface area (Å²) in [6, 6.07) is 21.2. The number of nitrogens with zero attached hydrogens (tertiary/aromatic N) is 2. The molecular formula is C22H23N3O2. The Kier molecular flexibility index (Phi) is 6.05. The van der Waals surface area contributed by atoms with Gasteiger partial charge in [0.2, 0.25) is 0 Å². The molecule has 1 amide bonds. The minimum atomic E-state index is -0.216. The molecule has 3 aromatic rings. The van der Waals surface area contributed by atoms with Gasteiger partial charge in [-0.05, 0) is 36.8 Å². The summed E-state index contributed by atoms with van der Waals surface area (Å²) in [5.74, 6) is 1.25. The highest BCUT2D eigenvalue weighted by Gasteiger charge is 2.11. The lowest BCUT2D eigenvalue weighted by molar-refractivity contribution is 0.102. The van der Waals surface area contributed by atoms with Crippen LogP contribution in [0.4, 0.5) is 11.5 Å². The highest BCUT2D eigenvalue weighted by molar-refractivity contribution is 6.04. The Bertz CT molecular complexity index is 880. The number of amides is 1. The van der Waals surface area contributed by atoms with Gasteiger partial charge in [-0.3, -0.25) is 4.79 Å². The maximum absolute atomic E-state index is 12.5. The summed E-state index contributed by atoms with van der Waals surface area (Å²) in [6.45, 7) is 3.20. The van der Waals surface area contributed by atoms with Crippen molar-refractivity contribution in [1.82, 2.24) is 4.98 Å². The van der Waals surface area contributed by atoms with Gasteiger partial charge in [-0.2, -0.15) is 0 Å². The van der Waals surface area contributed by atoms with Gasteiger partial charge in [0.1, 0.15) is 11.6 Å². The van der Waals surface area contributed by atoms with E-state index in [-0.39, 0.29) is 5.91 Å². The first-order valence-electron chi connectivity index (χ1n) is 8.91. The van der Waals surface area contributed by atoms with Gasteiger partial charge in [-0.25, -0.2) is 4.98 Å². The van der Waals surface area contributed by atoms with E-state index in [1.165, 1.54) is 5.56 Å². The van der Waals surface area contributed by atoms with Gasteiger partial charge in [0, 0.05) is 19.8 Å². The van der Waals surface area contributed by atoms with Crippen molar-refractivity contribution >= 4 is 17.4 Å². The summed E-state index contributed by atoms with van der Waals surface area (Å²) in [6.07, 6.45) is 1.59. The number of anilines is 2. The Labute approximate surface area is 159 Å². The van der Waals surface area contributed by atoms with Gasteiger partial charge in [-0.1, -0.05) is 42.5 Å². The highest BCUT2D eigenvalue weighted by Crippen LogP contribution is 2.24. The summed E-state index contributed by atoms with van der Waals surface area (Å²) in [5.41, 5.74) is 2.35. The van der Waals surface area contributed by atoms with Crippen LogP contribution in [0.5, 0.6) is 5.75 Å². The molecule has 0 saturated heterocycles. The van der Waals surface area contributed by atoms with E-state index >= 15 is 0 Å². The Morgan fingerprint density at radius 1 is 1.04 bits per heavy atom. The molecule has 27 heavy (non-hydrogen) atoms. The molecule has 0 fully saturated rings. The standard InChI is InChI=1S/C22H23N3O2/c1-3-27-20-12-8-7-11-19(20)24-22(26)18-13-14-21(23-15-18)25(2)16-17-9-5-4-6-10-17/h4-15H,3,16H2,1-2H3,(H,24,26). The normalized spacial score (nSPS) is 10.3. The topological polar surface area (TPSA) is 54.5 Å². The summed E-state index contributed by atoms with van der Waals surface area (Å²) in [7, 11) is 1.98. The van der Waals surface area contributed by atoms with E-state index < -0.39 is 0 Å². The number of carbonyl (C=O) groups is 1. The van der Waals surface area contributed by atoms with Gasteiger partial charge >= 0.3 is 0 Å². The van der Waals surface area contributed by atoms with E-state index in [9.17, 15) is 4.79 Å². The van der Waals surface area contributed by atoms with Gasteiger partial charge in [0.15, 0.2) is 0 Å². The molecule has 1 heterocycles. The van der Waals surface area contributed by atoms with Crippen molar-refractivity contribution < 1.29 is 9.53 Å². The first kappa shape index (κ1) is 18.5. The summed E-state index contributed by atoms with van der Waals surface area (Å²) in [4.78, 5) is 19.0. The second-order valence-corrected chi connectivity index (χ2v) is 6.13. The molecule has 1 aromatic heterocycles. The van der Waals surface area contributed by atoms with Crippen LogP contribution in [0.25, 0.3) is 0 Å². The molecule has 0 aliphatic rings. The zero-order valence-electron chi connectivity index (χ0n) is 15.6. The van der Waals surface area contributed by atoms with Gasteiger partial charge in [0.25, 0.3) is 5.91 Å². The predicted molar refractivity (Wildman–Crippen MR) is 108 cm³/mol. The van der Waals surface area contributed by atoms with Crippen molar-refractivity contribution in [1.29, 1.82) is 0 Å². The Hall–Kier alpha value is -3.34. The number of pyridine rings is 1. The van der Waals surface area contributed by atoms with E-state index in [4.69, 9.17) is 4.74 Å². The summed E-state index contributed by atoms with van der Waals surface area (Å²) >= 11 is 0. The molecule has 0 radical (unpaired) electrons. The third kappa shape index (κ3) is 4.85. The van der Waals surface area contributed by atoms with Crippen LogP contribution in [0, 0.1) is 0 Å². The lowest BCUT2D eigenvalue weighted by Crippen LogP contribution is -2.18. The molecule has 0 atom stereocenters. The number of ether oxygens (including phenoxy) is 1. The molecule has 0 aliphatic heterocycles. The molecule has 5 heteroatoms. The molecule has 0 aliphatic carbocycles. The Balaban J connectivity index is 1.67. The van der Waals surface area contributed by atoms with E-state index in [0.29, 0.717) is 23.6 Å². The quantitative estimate of drug-likeness (QED) is 0.679.